The van der Waals surface area contributed by atoms with E-state index >= 15 is 0 Å². The van der Waals surface area contributed by atoms with Crippen LogP contribution in [0.3, 0.4) is 0 Å². The van der Waals surface area contributed by atoms with Crippen molar-refractivity contribution in [2.45, 2.75) is 12.1 Å². The number of rotatable bonds is 8. The number of hydrogen-bond acceptors (Lipinski definition) is 5. The lowest BCUT2D eigenvalue weighted by Crippen LogP contribution is -2.20. The minimum absolute atomic E-state index is 0.116. The molecule has 1 amide bonds. The summed E-state index contributed by atoms with van der Waals surface area (Å²) in [6.07, 6.45) is 3.60. The van der Waals surface area contributed by atoms with Crippen LogP contribution in [-0.2, 0) is 4.79 Å². The van der Waals surface area contributed by atoms with E-state index in [4.69, 9.17) is 23.2 Å². The fourth-order valence-corrected chi connectivity index (χ4v) is 4.19. The highest BCUT2D eigenvalue weighted by Gasteiger charge is 2.17. The van der Waals surface area contributed by atoms with E-state index in [0.29, 0.717) is 21.0 Å². The van der Waals surface area contributed by atoms with Gasteiger partial charge in [-0.15, -0.1) is 10.2 Å². The Hall–Kier alpha value is -3.39. The van der Waals surface area contributed by atoms with Gasteiger partial charge in [0.05, 0.1) is 12.0 Å². The Morgan fingerprint density at radius 1 is 0.971 bits per heavy atom. The third-order valence-electron chi connectivity index (χ3n) is 4.80. The quantitative estimate of drug-likeness (QED) is 0.162. The molecule has 0 saturated carbocycles. The van der Waals surface area contributed by atoms with Crippen molar-refractivity contribution >= 4 is 53.2 Å². The Bertz CT molecular complexity index is 1350. The molecule has 1 heterocycles. The van der Waals surface area contributed by atoms with Crippen LogP contribution in [0.15, 0.2) is 94.7 Å². The zero-order chi connectivity index (χ0) is 24.6. The van der Waals surface area contributed by atoms with Crippen LogP contribution >= 0.6 is 35.0 Å². The molecular weight excluding hydrogens is 501 g/mol. The summed E-state index contributed by atoms with van der Waals surface area (Å²) in [4.78, 5) is 12.4. The smallest absolute Gasteiger partial charge is 0.250 e. The summed E-state index contributed by atoms with van der Waals surface area (Å²) in [5.41, 5.74) is 6.21. The number of benzene rings is 3. The Morgan fingerprint density at radius 2 is 1.63 bits per heavy atom. The fourth-order valence-electron chi connectivity index (χ4n) is 3.19. The highest BCUT2D eigenvalue weighted by atomic mass is 35.5. The third-order valence-corrected chi connectivity index (χ3v) is 6.24. The van der Waals surface area contributed by atoms with Crippen molar-refractivity contribution in [3.05, 3.63) is 100 Å². The van der Waals surface area contributed by atoms with Crippen molar-refractivity contribution in [1.82, 2.24) is 20.2 Å². The minimum Gasteiger partial charge on any atom is -0.272 e. The summed E-state index contributed by atoms with van der Waals surface area (Å²) in [7, 11) is 0. The molecule has 0 unspecified atom stereocenters. The third kappa shape index (κ3) is 6.82. The van der Waals surface area contributed by atoms with Crippen LogP contribution in [0.25, 0.3) is 23.2 Å². The van der Waals surface area contributed by atoms with E-state index in [1.807, 2.05) is 72.2 Å². The lowest BCUT2D eigenvalue weighted by molar-refractivity contribution is -0.118. The van der Waals surface area contributed by atoms with Gasteiger partial charge in [-0.2, -0.15) is 5.10 Å². The van der Waals surface area contributed by atoms with E-state index in [2.05, 4.69) is 20.7 Å². The average molecular weight is 522 g/mol. The van der Waals surface area contributed by atoms with Gasteiger partial charge in [0.1, 0.15) is 0 Å². The Morgan fingerprint density at radius 3 is 2.31 bits per heavy atom. The number of amides is 1. The molecule has 0 aliphatic heterocycles. The molecule has 0 radical (unpaired) electrons. The largest absolute Gasteiger partial charge is 0.272 e. The number of hydrazone groups is 1. The van der Waals surface area contributed by atoms with E-state index in [1.165, 1.54) is 11.8 Å². The number of carbonyl (C=O) groups excluding carboxylic acids is 1. The van der Waals surface area contributed by atoms with Gasteiger partial charge in [-0.1, -0.05) is 71.4 Å². The standard InChI is InChI=1S/C26H21Cl2N5OS/c1-18(15-19-5-3-2-4-6-19)16-29-30-24(34)17-35-26-32-31-25(20-7-9-21(27)10-8-20)33(26)23-13-11-22(28)12-14-23/h2-16H,17H2,1H3,(H,30,34)/b18-15+,29-16-. The van der Waals surface area contributed by atoms with E-state index in [1.54, 1.807) is 30.5 Å². The topological polar surface area (TPSA) is 72.2 Å². The number of aromatic nitrogens is 3. The SMILES string of the molecule is CC(/C=N\NC(=O)CSc1nnc(-c2ccc(Cl)cc2)n1-c1ccc(Cl)cc1)=C\c1ccccc1. The molecule has 0 saturated heterocycles. The Kier molecular flexibility index (Phi) is 8.36. The monoisotopic (exact) mass is 521 g/mol. The second-order valence-electron chi connectivity index (χ2n) is 7.51. The van der Waals surface area contributed by atoms with Crippen LogP contribution in [-0.4, -0.2) is 32.6 Å². The maximum atomic E-state index is 12.4. The normalized spacial score (nSPS) is 11.7. The molecule has 176 valence electrons. The zero-order valence-corrected chi connectivity index (χ0v) is 21.1. The molecule has 4 aromatic rings. The first-order valence-corrected chi connectivity index (χ1v) is 12.4. The zero-order valence-electron chi connectivity index (χ0n) is 18.7. The van der Waals surface area contributed by atoms with Gasteiger partial charge in [0.2, 0.25) is 0 Å². The number of carbonyl (C=O) groups is 1. The number of allylic oxidation sites excluding steroid dienone is 1. The molecule has 0 atom stereocenters. The second kappa shape index (κ2) is 11.8. The van der Waals surface area contributed by atoms with Gasteiger partial charge >= 0.3 is 0 Å². The van der Waals surface area contributed by atoms with Crippen LogP contribution in [0.1, 0.15) is 12.5 Å². The molecule has 6 nitrogen and oxygen atoms in total. The molecule has 0 spiro atoms. The molecule has 1 aromatic heterocycles. The van der Waals surface area contributed by atoms with Gasteiger partial charge in [-0.25, -0.2) is 5.43 Å². The van der Waals surface area contributed by atoms with Crippen molar-refractivity contribution in [2.24, 2.45) is 5.10 Å². The van der Waals surface area contributed by atoms with Gasteiger partial charge in [-0.05, 0) is 66.6 Å². The van der Waals surface area contributed by atoms with Crippen LogP contribution in [0.4, 0.5) is 0 Å². The van der Waals surface area contributed by atoms with Crippen molar-refractivity contribution in [3.8, 4) is 17.1 Å². The molecule has 9 heteroatoms. The number of thioether (sulfide) groups is 1. The minimum atomic E-state index is -0.252. The summed E-state index contributed by atoms with van der Waals surface area (Å²) in [5.74, 6) is 0.495. The Balaban J connectivity index is 1.47. The van der Waals surface area contributed by atoms with E-state index in [0.717, 1.165) is 22.4 Å². The van der Waals surface area contributed by atoms with Crippen LogP contribution in [0.2, 0.25) is 10.0 Å². The van der Waals surface area contributed by atoms with Crippen molar-refractivity contribution < 1.29 is 4.79 Å². The van der Waals surface area contributed by atoms with Crippen molar-refractivity contribution in [1.29, 1.82) is 0 Å². The van der Waals surface area contributed by atoms with Gasteiger partial charge in [-0.3, -0.25) is 9.36 Å². The van der Waals surface area contributed by atoms with Gasteiger partial charge in [0.25, 0.3) is 5.91 Å². The molecule has 4 rings (SSSR count). The van der Waals surface area contributed by atoms with Crippen LogP contribution in [0.5, 0.6) is 0 Å². The summed E-state index contributed by atoms with van der Waals surface area (Å²) >= 11 is 13.4. The summed E-state index contributed by atoms with van der Waals surface area (Å²) in [6.45, 7) is 1.92. The second-order valence-corrected chi connectivity index (χ2v) is 9.32. The van der Waals surface area contributed by atoms with Crippen molar-refractivity contribution in [3.63, 3.8) is 0 Å². The average Bonchev–Trinajstić information content (AvgIpc) is 3.28. The highest BCUT2D eigenvalue weighted by Crippen LogP contribution is 2.29. The first-order chi connectivity index (χ1) is 17.0. The van der Waals surface area contributed by atoms with Crippen LogP contribution in [0, 0.1) is 0 Å². The lowest BCUT2D eigenvalue weighted by Gasteiger charge is -2.10. The molecule has 0 aliphatic rings. The highest BCUT2D eigenvalue weighted by molar-refractivity contribution is 7.99. The lowest BCUT2D eigenvalue weighted by atomic mass is 10.1. The van der Waals surface area contributed by atoms with E-state index < -0.39 is 0 Å². The Labute approximate surface area is 217 Å². The first-order valence-electron chi connectivity index (χ1n) is 10.6. The van der Waals surface area contributed by atoms with Gasteiger partial charge in [0.15, 0.2) is 11.0 Å². The number of halogens is 2. The fraction of sp³-hybridized carbons (Fsp3) is 0.0769. The molecule has 1 N–H and O–H groups in total. The molecule has 0 aliphatic carbocycles. The van der Waals surface area contributed by atoms with Gasteiger partial charge in [0, 0.05) is 21.3 Å². The van der Waals surface area contributed by atoms with Crippen molar-refractivity contribution in [2.75, 3.05) is 5.75 Å². The molecule has 3 aromatic carbocycles. The maximum Gasteiger partial charge on any atom is 0.250 e. The predicted octanol–water partition coefficient (Wildman–Crippen LogP) is 6.54. The summed E-state index contributed by atoms with van der Waals surface area (Å²) in [5, 5.41) is 14.6. The number of nitrogens with zero attached hydrogens (tertiary/aromatic N) is 4. The van der Waals surface area contributed by atoms with Crippen LogP contribution < -0.4 is 5.43 Å². The predicted molar refractivity (Wildman–Crippen MR) is 144 cm³/mol. The molecule has 0 bridgehead atoms. The summed E-state index contributed by atoms with van der Waals surface area (Å²) < 4.78 is 1.88. The molecular formula is C26H21Cl2N5OS. The van der Waals surface area contributed by atoms with E-state index in [9.17, 15) is 4.79 Å². The summed E-state index contributed by atoms with van der Waals surface area (Å²) in [6, 6.07) is 24.6. The first kappa shape index (κ1) is 24.7. The maximum absolute atomic E-state index is 12.4. The molecule has 0 fully saturated rings. The van der Waals surface area contributed by atoms with E-state index in [-0.39, 0.29) is 11.7 Å². The number of nitrogens with one attached hydrogen (secondary N) is 1. The molecule has 35 heavy (non-hydrogen) atoms. The number of hydrogen-bond donors (Lipinski definition) is 1. The van der Waals surface area contributed by atoms with Gasteiger partial charge < -0.3 is 0 Å².